The van der Waals surface area contributed by atoms with Gasteiger partial charge < -0.3 is 4.74 Å². The van der Waals surface area contributed by atoms with Crippen LogP contribution in [-0.2, 0) is 10.0 Å². The average molecular weight is 255 g/mol. The van der Waals surface area contributed by atoms with Crippen LogP contribution in [0, 0.1) is 6.92 Å². The summed E-state index contributed by atoms with van der Waals surface area (Å²) in [6.45, 7) is 3.01. The first-order chi connectivity index (χ1) is 7.95. The summed E-state index contributed by atoms with van der Waals surface area (Å²) in [7, 11) is -3.08. The first-order valence-corrected chi connectivity index (χ1v) is 7.48. The molecule has 17 heavy (non-hydrogen) atoms. The van der Waals surface area contributed by atoms with E-state index in [0.29, 0.717) is 13.1 Å². The smallest absolute Gasteiger partial charge is 0.211 e. The SMILES string of the molecule is Cc1cccc(OC2CCN(S(C)(=O)=O)C2)c1. The van der Waals surface area contributed by atoms with E-state index in [1.54, 1.807) is 0 Å². The minimum Gasteiger partial charge on any atom is -0.489 e. The zero-order valence-electron chi connectivity index (χ0n) is 10.1. The lowest BCUT2D eigenvalue weighted by Gasteiger charge is -2.15. The minimum atomic E-state index is -3.08. The summed E-state index contributed by atoms with van der Waals surface area (Å²) in [4.78, 5) is 0. The van der Waals surface area contributed by atoms with Crippen LogP contribution in [0.4, 0.5) is 0 Å². The Bertz CT molecular complexity index is 498. The maximum absolute atomic E-state index is 11.4. The molecule has 1 aromatic carbocycles. The maximum atomic E-state index is 11.4. The molecular weight excluding hydrogens is 238 g/mol. The number of sulfonamides is 1. The molecule has 1 fully saturated rings. The second-order valence-electron chi connectivity index (χ2n) is 4.47. The van der Waals surface area contributed by atoms with Gasteiger partial charge in [-0.1, -0.05) is 12.1 Å². The lowest BCUT2D eigenvalue weighted by atomic mass is 10.2. The fourth-order valence-electron chi connectivity index (χ4n) is 1.98. The molecule has 1 saturated heterocycles. The Kier molecular flexibility index (Phi) is 3.40. The van der Waals surface area contributed by atoms with Gasteiger partial charge in [0.15, 0.2) is 0 Å². The van der Waals surface area contributed by atoms with E-state index in [-0.39, 0.29) is 6.10 Å². The monoisotopic (exact) mass is 255 g/mol. The third kappa shape index (κ3) is 3.20. The van der Waals surface area contributed by atoms with Gasteiger partial charge in [-0.3, -0.25) is 0 Å². The summed E-state index contributed by atoms with van der Waals surface area (Å²) in [5.74, 6) is 0.811. The van der Waals surface area contributed by atoms with Gasteiger partial charge in [-0.25, -0.2) is 8.42 Å². The molecule has 0 aliphatic carbocycles. The zero-order valence-corrected chi connectivity index (χ0v) is 10.9. The molecule has 94 valence electrons. The highest BCUT2D eigenvalue weighted by Crippen LogP contribution is 2.20. The molecule has 2 rings (SSSR count). The molecule has 0 spiro atoms. The molecule has 0 bridgehead atoms. The quantitative estimate of drug-likeness (QED) is 0.820. The topological polar surface area (TPSA) is 46.6 Å². The number of ether oxygens (including phenoxy) is 1. The number of hydrogen-bond donors (Lipinski definition) is 0. The first kappa shape index (κ1) is 12.4. The van der Waals surface area contributed by atoms with Crippen LogP contribution in [-0.4, -0.2) is 38.2 Å². The van der Waals surface area contributed by atoms with Crippen molar-refractivity contribution in [2.75, 3.05) is 19.3 Å². The first-order valence-electron chi connectivity index (χ1n) is 5.63. The standard InChI is InChI=1S/C12H17NO3S/c1-10-4-3-5-11(8-10)16-12-6-7-13(9-12)17(2,14)15/h3-5,8,12H,6-7,9H2,1-2H3. The van der Waals surface area contributed by atoms with Crippen LogP contribution in [0.2, 0.25) is 0 Å². The Balaban J connectivity index is 1.99. The van der Waals surface area contributed by atoms with E-state index in [1.165, 1.54) is 10.6 Å². The molecule has 4 nitrogen and oxygen atoms in total. The molecule has 1 unspecified atom stereocenters. The maximum Gasteiger partial charge on any atom is 0.211 e. The van der Waals surface area contributed by atoms with Crippen LogP contribution in [0.1, 0.15) is 12.0 Å². The summed E-state index contributed by atoms with van der Waals surface area (Å²) in [6.07, 6.45) is 1.95. The van der Waals surface area contributed by atoms with Crippen molar-refractivity contribution in [3.05, 3.63) is 29.8 Å². The highest BCUT2D eigenvalue weighted by molar-refractivity contribution is 7.88. The van der Waals surface area contributed by atoms with E-state index in [9.17, 15) is 8.42 Å². The van der Waals surface area contributed by atoms with Gasteiger partial charge in [-0.2, -0.15) is 4.31 Å². The van der Waals surface area contributed by atoms with Gasteiger partial charge >= 0.3 is 0 Å². The van der Waals surface area contributed by atoms with Gasteiger partial charge in [0.05, 0.1) is 12.8 Å². The highest BCUT2D eigenvalue weighted by atomic mass is 32.2. The number of rotatable bonds is 3. The van der Waals surface area contributed by atoms with Crippen molar-refractivity contribution >= 4 is 10.0 Å². The van der Waals surface area contributed by atoms with E-state index < -0.39 is 10.0 Å². The van der Waals surface area contributed by atoms with E-state index >= 15 is 0 Å². The number of nitrogens with zero attached hydrogens (tertiary/aromatic N) is 1. The normalized spacial score (nSPS) is 21.6. The number of hydrogen-bond acceptors (Lipinski definition) is 3. The van der Waals surface area contributed by atoms with Crippen LogP contribution < -0.4 is 4.74 Å². The van der Waals surface area contributed by atoms with Crippen molar-refractivity contribution in [1.82, 2.24) is 4.31 Å². The summed E-state index contributed by atoms with van der Waals surface area (Å²) >= 11 is 0. The Morgan fingerprint density at radius 2 is 2.18 bits per heavy atom. The van der Waals surface area contributed by atoms with Gasteiger partial charge in [-0.15, -0.1) is 0 Å². The predicted molar refractivity (Wildman–Crippen MR) is 66.6 cm³/mol. The highest BCUT2D eigenvalue weighted by Gasteiger charge is 2.29. The number of aryl methyl sites for hydroxylation is 1. The molecule has 0 aromatic heterocycles. The summed E-state index contributed by atoms with van der Waals surface area (Å²) in [5.41, 5.74) is 1.14. The van der Waals surface area contributed by atoms with Gasteiger partial charge in [0.2, 0.25) is 10.0 Å². The lowest BCUT2D eigenvalue weighted by molar-refractivity contribution is 0.215. The molecule has 0 amide bonds. The minimum absolute atomic E-state index is 0.0356. The zero-order chi connectivity index (χ0) is 12.5. The van der Waals surface area contributed by atoms with Crippen molar-refractivity contribution in [3.63, 3.8) is 0 Å². The molecule has 1 aromatic rings. The van der Waals surface area contributed by atoms with Gasteiger partial charge in [0, 0.05) is 6.54 Å². The van der Waals surface area contributed by atoms with Crippen LogP contribution in [0.5, 0.6) is 5.75 Å². The molecule has 1 atom stereocenters. The van der Waals surface area contributed by atoms with E-state index in [1.807, 2.05) is 31.2 Å². The van der Waals surface area contributed by atoms with Crippen molar-refractivity contribution in [3.8, 4) is 5.75 Å². The summed E-state index contributed by atoms with van der Waals surface area (Å²) in [5, 5.41) is 0. The van der Waals surface area contributed by atoms with Crippen LogP contribution >= 0.6 is 0 Å². The second kappa shape index (κ2) is 4.66. The molecule has 5 heteroatoms. The Morgan fingerprint density at radius 1 is 1.41 bits per heavy atom. The lowest BCUT2D eigenvalue weighted by Crippen LogP contribution is -2.29. The van der Waals surface area contributed by atoms with Crippen LogP contribution in [0.3, 0.4) is 0 Å². The Labute approximate surface area is 102 Å². The van der Waals surface area contributed by atoms with Crippen molar-refractivity contribution in [2.24, 2.45) is 0 Å². The Morgan fingerprint density at radius 3 is 2.76 bits per heavy atom. The molecule has 0 N–H and O–H groups in total. The largest absolute Gasteiger partial charge is 0.489 e. The molecule has 0 radical (unpaired) electrons. The predicted octanol–water partition coefficient (Wildman–Crippen LogP) is 1.41. The van der Waals surface area contributed by atoms with Crippen molar-refractivity contribution < 1.29 is 13.2 Å². The van der Waals surface area contributed by atoms with Crippen molar-refractivity contribution in [2.45, 2.75) is 19.4 Å². The van der Waals surface area contributed by atoms with Crippen LogP contribution in [0.15, 0.2) is 24.3 Å². The summed E-state index contributed by atoms with van der Waals surface area (Å²) in [6, 6.07) is 7.80. The Hall–Kier alpha value is -1.07. The second-order valence-corrected chi connectivity index (χ2v) is 6.45. The summed E-state index contributed by atoms with van der Waals surface area (Å²) < 4.78 is 30.0. The van der Waals surface area contributed by atoms with Gasteiger partial charge in [-0.05, 0) is 31.0 Å². The molecule has 1 heterocycles. The van der Waals surface area contributed by atoms with Crippen LogP contribution in [0.25, 0.3) is 0 Å². The third-order valence-corrected chi connectivity index (χ3v) is 4.14. The van der Waals surface area contributed by atoms with E-state index in [2.05, 4.69) is 0 Å². The number of benzene rings is 1. The van der Waals surface area contributed by atoms with Crippen molar-refractivity contribution in [1.29, 1.82) is 0 Å². The molecule has 1 aliphatic rings. The third-order valence-electron chi connectivity index (χ3n) is 2.87. The molecular formula is C12H17NO3S. The fraction of sp³-hybridized carbons (Fsp3) is 0.500. The van der Waals surface area contributed by atoms with E-state index in [0.717, 1.165) is 17.7 Å². The molecule has 0 saturated carbocycles. The fourth-order valence-corrected chi connectivity index (χ4v) is 2.85. The molecule has 1 aliphatic heterocycles. The average Bonchev–Trinajstić information content (AvgIpc) is 2.65. The van der Waals surface area contributed by atoms with Gasteiger partial charge in [0.25, 0.3) is 0 Å². The van der Waals surface area contributed by atoms with E-state index in [4.69, 9.17) is 4.74 Å². The van der Waals surface area contributed by atoms with Gasteiger partial charge in [0.1, 0.15) is 11.9 Å².